The summed E-state index contributed by atoms with van der Waals surface area (Å²) in [5, 5.41) is 0. The Bertz CT molecular complexity index is 731. The number of ether oxygens (including phenoxy) is 2. The summed E-state index contributed by atoms with van der Waals surface area (Å²) in [4.78, 5) is 13.4. The molecule has 0 spiro atoms. The average Bonchev–Trinajstić information content (AvgIpc) is 2.71. The quantitative estimate of drug-likeness (QED) is 0.694. The van der Waals surface area contributed by atoms with Gasteiger partial charge in [-0.3, -0.25) is 4.90 Å². The molecule has 5 heterocycles. The number of piperazine rings is 1. The standard InChI is InChI=1S/C19H22ClN4O2/c1-25-18-3-2-14(10-22-18)11-24-16-8-17(24)13-23(12-16)15-4-6-21-19(9-15)26-7-5-20/h2-3,6,9-10,16-17H,5,7-8,11-13H2,1H3. The third-order valence-electron chi connectivity index (χ3n) is 5.05. The van der Waals surface area contributed by atoms with E-state index in [0.717, 1.165) is 25.3 Å². The van der Waals surface area contributed by atoms with E-state index in [1.54, 1.807) is 13.3 Å². The van der Waals surface area contributed by atoms with Crippen LogP contribution in [-0.4, -0.2) is 59.6 Å². The van der Waals surface area contributed by atoms with Crippen molar-refractivity contribution in [1.29, 1.82) is 0 Å². The largest absolute Gasteiger partial charge is 0.481 e. The number of rotatable bonds is 7. The summed E-state index contributed by atoms with van der Waals surface area (Å²) in [5.41, 5.74) is 2.27. The van der Waals surface area contributed by atoms with Crippen LogP contribution in [0.5, 0.6) is 11.8 Å². The average molecular weight is 374 g/mol. The van der Waals surface area contributed by atoms with Crippen LogP contribution in [0, 0.1) is 6.07 Å². The van der Waals surface area contributed by atoms with Crippen molar-refractivity contribution in [3.05, 3.63) is 42.2 Å². The molecule has 2 aromatic heterocycles. The normalized spacial score (nSPS) is 22.0. The predicted octanol–water partition coefficient (Wildman–Crippen LogP) is 2.37. The maximum absolute atomic E-state index is 5.68. The Morgan fingerprint density at radius 1 is 1.23 bits per heavy atom. The molecule has 2 bridgehead atoms. The van der Waals surface area contributed by atoms with Crippen LogP contribution in [0.4, 0.5) is 5.69 Å². The van der Waals surface area contributed by atoms with E-state index in [1.807, 2.05) is 18.3 Å². The lowest BCUT2D eigenvalue weighted by molar-refractivity contribution is -0.00854. The summed E-state index contributed by atoms with van der Waals surface area (Å²) in [5.74, 6) is 1.72. The van der Waals surface area contributed by atoms with Gasteiger partial charge in [-0.25, -0.2) is 9.97 Å². The van der Waals surface area contributed by atoms with Crippen molar-refractivity contribution in [2.75, 3.05) is 37.6 Å². The van der Waals surface area contributed by atoms with Crippen LogP contribution in [-0.2, 0) is 6.54 Å². The molecule has 2 atom stereocenters. The SMILES string of the molecule is COc1ccc(CN2C3CC2CN(c2[c]cnc(OCCCl)c2)C3)cn1. The zero-order valence-corrected chi connectivity index (χ0v) is 15.5. The Kier molecular flexibility index (Phi) is 5.13. The summed E-state index contributed by atoms with van der Waals surface area (Å²) in [7, 11) is 1.64. The molecule has 6 nitrogen and oxygen atoms in total. The van der Waals surface area contributed by atoms with Gasteiger partial charge in [-0.15, -0.1) is 11.6 Å². The monoisotopic (exact) mass is 373 g/mol. The highest BCUT2D eigenvalue weighted by atomic mass is 35.5. The minimum atomic E-state index is 0.457. The number of anilines is 1. The topological polar surface area (TPSA) is 50.7 Å². The lowest BCUT2D eigenvalue weighted by Gasteiger charge is -2.57. The molecule has 3 fully saturated rings. The number of hydrogen-bond acceptors (Lipinski definition) is 6. The molecule has 0 N–H and O–H groups in total. The molecule has 3 aliphatic rings. The molecule has 0 aromatic carbocycles. The summed E-state index contributed by atoms with van der Waals surface area (Å²) in [6, 6.07) is 10.3. The first-order valence-electron chi connectivity index (χ1n) is 8.83. The highest BCUT2D eigenvalue weighted by Gasteiger charge is 2.44. The van der Waals surface area contributed by atoms with Gasteiger partial charge in [0.25, 0.3) is 0 Å². The number of methoxy groups -OCH3 is 1. The van der Waals surface area contributed by atoms with Gasteiger partial charge < -0.3 is 14.4 Å². The number of alkyl halides is 1. The third-order valence-corrected chi connectivity index (χ3v) is 5.20. The van der Waals surface area contributed by atoms with Crippen LogP contribution in [0.15, 0.2) is 30.6 Å². The van der Waals surface area contributed by atoms with Crippen molar-refractivity contribution >= 4 is 17.3 Å². The van der Waals surface area contributed by atoms with Crippen molar-refractivity contribution < 1.29 is 9.47 Å². The van der Waals surface area contributed by atoms with E-state index in [4.69, 9.17) is 21.1 Å². The van der Waals surface area contributed by atoms with Gasteiger partial charge in [0.05, 0.1) is 18.7 Å². The van der Waals surface area contributed by atoms with Crippen molar-refractivity contribution in [3.63, 3.8) is 0 Å². The summed E-state index contributed by atoms with van der Waals surface area (Å²) in [6.07, 6.45) is 4.84. The second kappa shape index (κ2) is 7.68. The summed E-state index contributed by atoms with van der Waals surface area (Å²) >= 11 is 5.68. The van der Waals surface area contributed by atoms with E-state index in [-0.39, 0.29) is 0 Å². The summed E-state index contributed by atoms with van der Waals surface area (Å²) < 4.78 is 10.7. The molecule has 7 heteroatoms. The van der Waals surface area contributed by atoms with Crippen LogP contribution in [0.1, 0.15) is 12.0 Å². The van der Waals surface area contributed by atoms with Gasteiger partial charge in [0.1, 0.15) is 6.61 Å². The Hall–Kier alpha value is -2.05. The maximum Gasteiger partial charge on any atom is 0.215 e. The lowest BCUT2D eigenvalue weighted by Crippen LogP contribution is -2.68. The fraction of sp³-hybridized carbons (Fsp3) is 0.474. The highest BCUT2D eigenvalue weighted by Crippen LogP contribution is 2.36. The van der Waals surface area contributed by atoms with Gasteiger partial charge in [0, 0.05) is 62.3 Å². The fourth-order valence-corrected chi connectivity index (χ4v) is 3.82. The molecule has 26 heavy (non-hydrogen) atoms. The number of hydrogen-bond donors (Lipinski definition) is 0. The van der Waals surface area contributed by atoms with E-state index < -0.39 is 0 Å². The van der Waals surface area contributed by atoms with E-state index >= 15 is 0 Å². The first-order chi connectivity index (χ1) is 12.8. The van der Waals surface area contributed by atoms with E-state index in [9.17, 15) is 0 Å². The van der Waals surface area contributed by atoms with Gasteiger partial charge in [-0.2, -0.15) is 0 Å². The van der Waals surface area contributed by atoms with Crippen molar-refractivity contribution in [2.24, 2.45) is 0 Å². The zero-order chi connectivity index (χ0) is 17.9. The fourth-order valence-electron chi connectivity index (χ4n) is 3.74. The molecule has 3 aliphatic heterocycles. The second-order valence-electron chi connectivity index (χ2n) is 6.64. The minimum absolute atomic E-state index is 0.457. The smallest absolute Gasteiger partial charge is 0.215 e. The Labute approximate surface area is 158 Å². The van der Waals surface area contributed by atoms with Crippen LogP contribution < -0.4 is 14.4 Å². The number of halogens is 1. The molecule has 137 valence electrons. The van der Waals surface area contributed by atoms with Crippen molar-refractivity contribution in [1.82, 2.24) is 14.9 Å². The van der Waals surface area contributed by atoms with Gasteiger partial charge >= 0.3 is 0 Å². The van der Waals surface area contributed by atoms with Crippen LogP contribution in [0.3, 0.4) is 0 Å². The van der Waals surface area contributed by atoms with Crippen LogP contribution in [0.2, 0.25) is 0 Å². The Balaban J connectivity index is 1.37. The second-order valence-corrected chi connectivity index (χ2v) is 7.02. The number of fused-ring (bicyclic) bond motifs is 2. The summed E-state index contributed by atoms with van der Waals surface area (Å²) in [6.45, 7) is 3.39. The maximum atomic E-state index is 5.68. The zero-order valence-electron chi connectivity index (χ0n) is 14.8. The Morgan fingerprint density at radius 3 is 2.77 bits per heavy atom. The molecule has 5 rings (SSSR count). The van der Waals surface area contributed by atoms with Gasteiger partial charge in [0.2, 0.25) is 11.8 Å². The van der Waals surface area contributed by atoms with Crippen molar-refractivity contribution in [3.8, 4) is 11.8 Å². The van der Waals surface area contributed by atoms with E-state index in [0.29, 0.717) is 36.3 Å². The first-order valence-corrected chi connectivity index (χ1v) is 9.36. The molecule has 0 saturated carbocycles. The molecule has 3 saturated heterocycles. The van der Waals surface area contributed by atoms with E-state index in [2.05, 4.69) is 31.9 Å². The highest BCUT2D eigenvalue weighted by molar-refractivity contribution is 6.18. The number of piperidine rings is 1. The van der Waals surface area contributed by atoms with Gasteiger partial charge in [0.15, 0.2) is 0 Å². The molecule has 2 unspecified atom stereocenters. The molecular formula is C19H22ClN4O2. The van der Waals surface area contributed by atoms with Crippen LogP contribution >= 0.6 is 11.6 Å². The van der Waals surface area contributed by atoms with Gasteiger partial charge in [-0.1, -0.05) is 6.07 Å². The Morgan fingerprint density at radius 2 is 2.08 bits per heavy atom. The van der Waals surface area contributed by atoms with E-state index in [1.165, 1.54) is 12.0 Å². The number of aromatic nitrogens is 2. The molecule has 2 aromatic rings. The lowest BCUT2D eigenvalue weighted by atomic mass is 9.86. The molecular weight excluding hydrogens is 352 g/mol. The molecule has 0 aliphatic carbocycles. The molecule has 1 radical (unpaired) electrons. The van der Waals surface area contributed by atoms with Gasteiger partial charge in [-0.05, 0) is 12.0 Å². The first kappa shape index (κ1) is 17.4. The number of nitrogens with zero attached hydrogens (tertiary/aromatic N) is 4. The van der Waals surface area contributed by atoms with Crippen molar-refractivity contribution in [2.45, 2.75) is 25.0 Å². The number of pyridine rings is 2. The molecule has 0 amide bonds. The third kappa shape index (κ3) is 3.57. The minimum Gasteiger partial charge on any atom is -0.481 e. The predicted molar refractivity (Wildman–Crippen MR) is 100 cm³/mol. The van der Waals surface area contributed by atoms with Crippen LogP contribution in [0.25, 0.3) is 0 Å².